The minimum atomic E-state index is 0.668. The lowest BCUT2D eigenvalue weighted by molar-refractivity contribution is 1.01. The number of rotatable bonds is 6. The molecular weight excluding hydrogens is 312 g/mol. The zero-order valence-electron chi connectivity index (χ0n) is 10.1. The van der Waals surface area contributed by atoms with Crippen LogP contribution in [0.15, 0.2) is 28.2 Å². The Balaban J connectivity index is 1.84. The molecule has 0 radical (unpaired) electrons. The van der Waals surface area contributed by atoms with E-state index in [4.69, 9.17) is 0 Å². The van der Waals surface area contributed by atoms with Crippen molar-refractivity contribution in [2.75, 3.05) is 23.7 Å². The Hall–Kier alpha value is -1.14. The van der Waals surface area contributed by atoms with E-state index >= 15 is 0 Å². The van der Waals surface area contributed by atoms with E-state index < -0.39 is 0 Å². The Kier molecular flexibility index (Phi) is 4.95. The molecule has 0 aromatic carbocycles. The third kappa shape index (κ3) is 3.96. The summed E-state index contributed by atoms with van der Waals surface area (Å²) in [6.07, 6.45) is 2.76. The predicted octanol–water partition coefficient (Wildman–Crippen LogP) is 3.39. The van der Waals surface area contributed by atoms with Crippen LogP contribution in [-0.2, 0) is 6.42 Å². The van der Waals surface area contributed by atoms with Crippen molar-refractivity contribution in [3.05, 3.63) is 33.1 Å². The molecular formula is C12H15BrN4S. The maximum absolute atomic E-state index is 4.36. The van der Waals surface area contributed by atoms with Crippen LogP contribution < -0.4 is 10.6 Å². The van der Waals surface area contributed by atoms with Gasteiger partial charge in [0.2, 0.25) is 5.95 Å². The van der Waals surface area contributed by atoms with Crippen molar-refractivity contribution >= 4 is 39.0 Å². The van der Waals surface area contributed by atoms with Crippen molar-refractivity contribution in [3.63, 3.8) is 0 Å². The van der Waals surface area contributed by atoms with Gasteiger partial charge in [-0.2, -0.15) is 4.98 Å². The molecule has 2 N–H and O–H groups in total. The zero-order chi connectivity index (χ0) is 12.8. The summed E-state index contributed by atoms with van der Waals surface area (Å²) in [7, 11) is 0. The molecule has 2 aromatic rings. The summed E-state index contributed by atoms with van der Waals surface area (Å²) in [5.74, 6) is 1.53. The molecule has 0 unspecified atom stereocenters. The molecule has 2 rings (SSSR count). The third-order valence-electron chi connectivity index (χ3n) is 2.30. The van der Waals surface area contributed by atoms with E-state index in [1.165, 1.54) is 8.66 Å². The van der Waals surface area contributed by atoms with E-state index in [1.807, 2.05) is 13.0 Å². The molecule has 4 nitrogen and oxygen atoms in total. The largest absolute Gasteiger partial charge is 0.370 e. The molecule has 0 bridgehead atoms. The topological polar surface area (TPSA) is 49.8 Å². The fourth-order valence-electron chi connectivity index (χ4n) is 1.50. The number of thiophene rings is 1. The minimum absolute atomic E-state index is 0.668. The summed E-state index contributed by atoms with van der Waals surface area (Å²) in [5, 5.41) is 6.39. The molecule has 0 aliphatic rings. The van der Waals surface area contributed by atoms with Gasteiger partial charge in [-0.3, -0.25) is 0 Å². The van der Waals surface area contributed by atoms with Gasteiger partial charge in [0.1, 0.15) is 5.82 Å². The van der Waals surface area contributed by atoms with Gasteiger partial charge >= 0.3 is 0 Å². The summed E-state index contributed by atoms with van der Waals surface area (Å²) in [5.41, 5.74) is 0. The average molecular weight is 327 g/mol. The van der Waals surface area contributed by atoms with Crippen LogP contribution in [0.3, 0.4) is 0 Å². The highest BCUT2D eigenvalue weighted by Gasteiger charge is 2.00. The molecule has 0 spiro atoms. The molecule has 0 aliphatic heterocycles. The van der Waals surface area contributed by atoms with Crippen molar-refractivity contribution in [3.8, 4) is 0 Å². The maximum Gasteiger partial charge on any atom is 0.224 e. The highest BCUT2D eigenvalue weighted by atomic mass is 79.9. The quantitative estimate of drug-likeness (QED) is 0.854. The van der Waals surface area contributed by atoms with Crippen molar-refractivity contribution in [2.45, 2.75) is 13.3 Å². The molecule has 0 atom stereocenters. The Morgan fingerprint density at radius 3 is 2.89 bits per heavy atom. The lowest BCUT2D eigenvalue weighted by atomic mass is 10.3. The van der Waals surface area contributed by atoms with Crippen LogP contribution >= 0.6 is 27.3 Å². The first-order valence-corrected chi connectivity index (χ1v) is 7.44. The van der Waals surface area contributed by atoms with Gasteiger partial charge in [0, 0.05) is 24.2 Å². The number of aromatic nitrogens is 2. The van der Waals surface area contributed by atoms with Crippen LogP contribution in [-0.4, -0.2) is 23.1 Å². The molecule has 96 valence electrons. The fourth-order valence-corrected chi connectivity index (χ4v) is 2.98. The Labute approximate surface area is 119 Å². The molecule has 2 aromatic heterocycles. The van der Waals surface area contributed by atoms with Gasteiger partial charge in [-0.15, -0.1) is 11.3 Å². The normalized spacial score (nSPS) is 10.3. The molecule has 0 fully saturated rings. The average Bonchev–Trinajstić information content (AvgIpc) is 2.76. The van der Waals surface area contributed by atoms with Gasteiger partial charge in [-0.25, -0.2) is 4.98 Å². The van der Waals surface area contributed by atoms with Crippen LogP contribution in [0.4, 0.5) is 11.8 Å². The number of halogens is 1. The zero-order valence-corrected chi connectivity index (χ0v) is 12.5. The first kappa shape index (κ1) is 13.3. The molecule has 18 heavy (non-hydrogen) atoms. The third-order valence-corrected chi connectivity index (χ3v) is 3.98. The predicted molar refractivity (Wildman–Crippen MR) is 80.4 cm³/mol. The second kappa shape index (κ2) is 6.70. The molecule has 0 saturated carbocycles. The van der Waals surface area contributed by atoms with E-state index in [2.05, 4.69) is 48.7 Å². The van der Waals surface area contributed by atoms with E-state index in [-0.39, 0.29) is 0 Å². The van der Waals surface area contributed by atoms with E-state index in [0.29, 0.717) is 5.95 Å². The van der Waals surface area contributed by atoms with Crippen molar-refractivity contribution in [1.29, 1.82) is 0 Å². The smallest absolute Gasteiger partial charge is 0.224 e. The number of nitrogens with one attached hydrogen (secondary N) is 2. The van der Waals surface area contributed by atoms with Crippen LogP contribution in [0.2, 0.25) is 0 Å². The summed E-state index contributed by atoms with van der Waals surface area (Å²) < 4.78 is 1.17. The monoisotopic (exact) mass is 326 g/mol. The second-order valence-corrected chi connectivity index (χ2v) is 6.23. The van der Waals surface area contributed by atoms with Crippen molar-refractivity contribution in [1.82, 2.24) is 9.97 Å². The highest BCUT2D eigenvalue weighted by molar-refractivity contribution is 9.11. The van der Waals surface area contributed by atoms with Crippen LogP contribution in [0.25, 0.3) is 0 Å². The number of nitrogens with zero attached hydrogens (tertiary/aromatic N) is 2. The summed E-state index contributed by atoms with van der Waals surface area (Å²) in [6, 6.07) is 6.10. The Bertz CT molecular complexity index is 500. The molecule has 0 aliphatic carbocycles. The lowest BCUT2D eigenvalue weighted by Gasteiger charge is -2.06. The Morgan fingerprint density at radius 1 is 1.28 bits per heavy atom. The number of hydrogen-bond donors (Lipinski definition) is 2. The summed E-state index contributed by atoms with van der Waals surface area (Å²) in [4.78, 5) is 9.85. The molecule has 2 heterocycles. The second-order valence-electron chi connectivity index (χ2n) is 3.68. The Morgan fingerprint density at radius 2 is 2.17 bits per heavy atom. The first-order valence-electron chi connectivity index (χ1n) is 5.83. The van der Waals surface area contributed by atoms with Crippen LogP contribution in [0.5, 0.6) is 0 Å². The van der Waals surface area contributed by atoms with Gasteiger partial charge in [0.05, 0.1) is 3.79 Å². The summed E-state index contributed by atoms with van der Waals surface area (Å²) in [6.45, 7) is 3.72. The summed E-state index contributed by atoms with van der Waals surface area (Å²) >= 11 is 5.23. The van der Waals surface area contributed by atoms with E-state index in [9.17, 15) is 0 Å². The van der Waals surface area contributed by atoms with Gasteiger partial charge in [0.15, 0.2) is 0 Å². The van der Waals surface area contributed by atoms with Crippen molar-refractivity contribution < 1.29 is 0 Å². The lowest BCUT2D eigenvalue weighted by Crippen LogP contribution is -2.08. The van der Waals surface area contributed by atoms with Gasteiger partial charge in [0.25, 0.3) is 0 Å². The maximum atomic E-state index is 4.36. The molecule has 0 amide bonds. The van der Waals surface area contributed by atoms with Gasteiger partial charge in [-0.1, -0.05) is 0 Å². The van der Waals surface area contributed by atoms with Crippen molar-refractivity contribution in [2.24, 2.45) is 0 Å². The fraction of sp³-hybridized carbons (Fsp3) is 0.333. The first-order chi connectivity index (χ1) is 8.78. The molecule has 0 saturated heterocycles. The van der Waals surface area contributed by atoms with E-state index in [1.54, 1.807) is 17.5 Å². The highest BCUT2D eigenvalue weighted by Crippen LogP contribution is 2.22. The van der Waals surface area contributed by atoms with Crippen LogP contribution in [0, 0.1) is 0 Å². The SMILES string of the molecule is CCNc1nccc(NCCc2ccc(Br)s2)n1. The van der Waals surface area contributed by atoms with Gasteiger partial charge < -0.3 is 10.6 Å². The number of hydrogen-bond acceptors (Lipinski definition) is 5. The van der Waals surface area contributed by atoms with Crippen LogP contribution in [0.1, 0.15) is 11.8 Å². The number of anilines is 2. The van der Waals surface area contributed by atoms with E-state index in [0.717, 1.165) is 25.3 Å². The van der Waals surface area contributed by atoms with Gasteiger partial charge in [-0.05, 0) is 47.5 Å². The minimum Gasteiger partial charge on any atom is -0.370 e. The molecule has 6 heteroatoms. The standard InChI is InChI=1S/C12H15BrN4S/c1-2-14-12-16-8-6-11(17-12)15-7-5-9-3-4-10(13)18-9/h3-4,6,8H,2,5,7H2,1H3,(H2,14,15,16,17).